The van der Waals surface area contributed by atoms with E-state index in [0.29, 0.717) is 15.7 Å². The summed E-state index contributed by atoms with van der Waals surface area (Å²) in [6.07, 6.45) is 8.01. The Labute approximate surface area is 188 Å². The fraction of sp³-hybridized carbons (Fsp3) is 0.0435. The molecule has 156 valence electrons. The van der Waals surface area contributed by atoms with E-state index in [1.165, 1.54) is 18.6 Å². The quantitative estimate of drug-likeness (QED) is 0.385. The summed E-state index contributed by atoms with van der Waals surface area (Å²) in [6, 6.07) is 15.7. The molecule has 0 atom stereocenters. The van der Waals surface area contributed by atoms with Crippen molar-refractivity contribution >= 4 is 45.7 Å². The van der Waals surface area contributed by atoms with Gasteiger partial charge in [0.05, 0.1) is 18.4 Å². The smallest absolute Gasteiger partial charge is 0.273 e. The highest BCUT2D eigenvalue weighted by Crippen LogP contribution is 2.22. The predicted octanol–water partition coefficient (Wildman–Crippen LogP) is 4.53. The second-order valence-corrected chi connectivity index (χ2v) is 7.12. The number of ether oxygens (including phenoxy) is 1. The lowest BCUT2D eigenvalue weighted by atomic mass is 10.1. The van der Waals surface area contributed by atoms with Gasteiger partial charge in [-0.25, -0.2) is 5.43 Å². The Morgan fingerprint density at radius 3 is 2.61 bits per heavy atom. The van der Waals surface area contributed by atoms with Gasteiger partial charge in [-0.05, 0) is 48.6 Å². The van der Waals surface area contributed by atoms with Crippen LogP contribution in [-0.2, 0) is 0 Å². The van der Waals surface area contributed by atoms with Gasteiger partial charge in [-0.1, -0.05) is 34.1 Å². The van der Waals surface area contributed by atoms with E-state index in [1.54, 1.807) is 43.5 Å². The first-order valence-electron chi connectivity index (χ1n) is 9.22. The normalized spacial score (nSPS) is 10.9. The minimum atomic E-state index is -0.465. The average molecular weight is 479 g/mol. The van der Waals surface area contributed by atoms with Gasteiger partial charge in [-0.2, -0.15) is 5.10 Å². The Morgan fingerprint density at radius 2 is 1.84 bits per heavy atom. The maximum atomic E-state index is 12.6. The van der Waals surface area contributed by atoms with Crippen LogP contribution in [-0.4, -0.2) is 30.1 Å². The molecular weight excluding hydrogens is 460 g/mol. The van der Waals surface area contributed by atoms with Crippen molar-refractivity contribution < 1.29 is 14.3 Å². The van der Waals surface area contributed by atoms with Gasteiger partial charge >= 0.3 is 0 Å². The number of hydrogen-bond donors (Lipinski definition) is 2. The molecule has 3 aromatic rings. The van der Waals surface area contributed by atoms with Crippen LogP contribution in [0.2, 0.25) is 0 Å². The van der Waals surface area contributed by atoms with Crippen molar-refractivity contribution in [2.24, 2.45) is 5.10 Å². The molecule has 0 aliphatic rings. The number of anilines is 1. The van der Waals surface area contributed by atoms with Crippen LogP contribution in [0.15, 0.2) is 82.6 Å². The van der Waals surface area contributed by atoms with Crippen LogP contribution in [0.25, 0.3) is 6.08 Å². The van der Waals surface area contributed by atoms with E-state index < -0.39 is 5.91 Å². The number of pyridine rings is 1. The van der Waals surface area contributed by atoms with E-state index in [4.69, 9.17) is 4.74 Å². The van der Waals surface area contributed by atoms with Crippen LogP contribution in [0.3, 0.4) is 0 Å². The van der Waals surface area contributed by atoms with Gasteiger partial charge in [0, 0.05) is 34.2 Å². The number of carbonyl (C=O) groups excluding carboxylic acids is 2. The van der Waals surface area contributed by atoms with Crippen LogP contribution in [0.1, 0.15) is 26.3 Å². The summed E-state index contributed by atoms with van der Waals surface area (Å²) < 4.78 is 5.97. The molecule has 0 unspecified atom stereocenters. The molecule has 0 saturated carbocycles. The number of benzene rings is 2. The Morgan fingerprint density at radius 1 is 1.06 bits per heavy atom. The highest BCUT2D eigenvalue weighted by atomic mass is 79.9. The molecule has 1 aromatic heterocycles. The van der Waals surface area contributed by atoms with Crippen LogP contribution in [0.5, 0.6) is 5.75 Å². The number of carbonyl (C=O) groups is 2. The summed E-state index contributed by atoms with van der Waals surface area (Å²) in [4.78, 5) is 28.9. The number of rotatable bonds is 7. The molecule has 0 saturated heterocycles. The number of hydrazone groups is 1. The first kappa shape index (κ1) is 21.9. The molecular formula is C23H19BrN4O3. The molecule has 0 radical (unpaired) electrons. The zero-order valence-electron chi connectivity index (χ0n) is 16.6. The van der Waals surface area contributed by atoms with Gasteiger partial charge in [0.15, 0.2) is 0 Å². The number of methoxy groups -OCH3 is 1. The summed E-state index contributed by atoms with van der Waals surface area (Å²) in [6.45, 7) is 0. The number of hydrogen-bond acceptors (Lipinski definition) is 5. The lowest BCUT2D eigenvalue weighted by Gasteiger charge is -2.10. The molecule has 31 heavy (non-hydrogen) atoms. The van der Waals surface area contributed by atoms with E-state index in [1.807, 2.05) is 30.3 Å². The Bertz CT molecular complexity index is 1130. The monoisotopic (exact) mass is 478 g/mol. The molecule has 0 aliphatic carbocycles. The molecule has 2 aromatic carbocycles. The zero-order chi connectivity index (χ0) is 22.1. The molecule has 7 nitrogen and oxygen atoms in total. The van der Waals surface area contributed by atoms with Crippen molar-refractivity contribution in [3.8, 4) is 5.75 Å². The first-order chi connectivity index (χ1) is 15.1. The number of para-hydroxylation sites is 1. The summed E-state index contributed by atoms with van der Waals surface area (Å²) >= 11 is 3.35. The molecule has 8 heteroatoms. The van der Waals surface area contributed by atoms with Crippen molar-refractivity contribution in [1.82, 2.24) is 10.4 Å². The largest absolute Gasteiger partial charge is 0.496 e. The Balaban J connectivity index is 1.68. The van der Waals surface area contributed by atoms with Gasteiger partial charge in [0.25, 0.3) is 11.8 Å². The third-order valence-corrected chi connectivity index (χ3v) is 4.65. The van der Waals surface area contributed by atoms with Crippen molar-refractivity contribution in [3.05, 3.63) is 94.2 Å². The topological polar surface area (TPSA) is 92.7 Å². The molecule has 0 fully saturated rings. The maximum absolute atomic E-state index is 12.6. The number of allylic oxidation sites excluding steroid dienone is 1. The van der Waals surface area contributed by atoms with E-state index in [-0.39, 0.29) is 11.5 Å². The van der Waals surface area contributed by atoms with Gasteiger partial charge in [-0.15, -0.1) is 0 Å². The van der Waals surface area contributed by atoms with E-state index in [9.17, 15) is 9.59 Å². The van der Waals surface area contributed by atoms with E-state index in [2.05, 4.69) is 36.8 Å². The number of nitrogens with zero attached hydrogens (tertiary/aromatic N) is 2. The van der Waals surface area contributed by atoms with Gasteiger partial charge < -0.3 is 10.1 Å². The SMILES string of the molecule is COc1ccccc1C=CC=NNC(=O)c1cc(Br)ccc1NC(=O)c1ccncc1. The Hall–Kier alpha value is -3.78. The Kier molecular flexibility index (Phi) is 7.67. The fourth-order valence-corrected chi connectivity index (χ4v) is 3.02. The number of aromatic nitrogens is 1. The van der Waals surface area contributed by atoms with Crippen molar-refractivity contribution in [3.63, 3.8) is 0 Å². The van der Waals surface area contributed by atoms with Gasteiger partial charge in [-0.3, -0.25) is 14.6 Å². The average Bonchev–Trinajstić information content (AvgIpc) is 2.80. The fourth-order valence-electron chi connectivity index (χ4n) is 2.66. The van der Waals surface area contributed by atoms with Crippen LogP contribution < -0.4 is 15.5 Å². The molecule has 2 amide bonds. The van der Waals surface area contributed by atoms with Crippen LogP contribution in [0, 0.1) is 0 Å². The lowest BCUT2D eigenvalue weighted by molar-refractivity contribution is 0.0956. The molecule has 0 spiro atoms. The lowest BCUT2D eigenvalue weighted by Crippen LogP contribution is -2.21. The number of halogens is 1. The van der Waals surface area contributed by atoms with Crippen molar-refractivity contribution in [1.29, 1.82) is 0 Å². The summed E-state index contributed by atoms with van der Waals surface area (Å²) in [7, 11) is 1.60. The summed E-state index contributed by atoms with van der Waals surface area (Å²) in [5.74, 6) is -0.0739. The molecule has 3 rings (SSSR count). The van der Waals surface area contributed by atoms with E-state index >= 15 is 0 Å². The zero-order valence-corrected chi connectivity index (χ0v) is 18.2. The molecule has 0 bridgehead atoms. The van der Waals surface area contributed by atoms with Gasteiger partial charge in [0.2, 0.25) is 0 Å². The summed E-state index contributed by atoms with van der Waals surface area (Å²) in [5.41, 5.74) is 4.41. The summed E-state index contributed by atoms with van der Waals surface area (Å²) in [5, 5.41) is 6.68. The van der Waals surface area contributed by atoms with Gasteiger partial charge in [0.1, 0.15) is 5.75 Å². The van der Waals surface area contributed by atoms with Crippen molar-refractivity contribution in [2.75, 3.05) is 12.4 Å². The highest BCUT2D eigenvalue weighted by Gasteiger charge is 2.14. The third-order valence-electron chi connectivity index (χ3n) is 4.16. The van der Waals surface area contributed by atoms with Crippen molar-refractivity contribution in [2.45, 2.75) is 0 Å². The highest BCUT2D eigenvalue weighted by molar-refractivity contribution is 9.10. The standard InChI is InChI=1S/C23H19BrN4O3/c1-31-21-7-3-2-5-16(21)6-4-12-26-28-23(30)19-15-18(24)8-9-20(19)27-22(29)17-10-13-25-14-11-17/h2-15H,1H3,(H,27,29)(H,28,30). The second-order valence-electron chi connectivity index (χ2n) is 6.20. The molecule has 0 aliphatic heterocycles. The van der Waals surface area contributed by atoms with E-state index in [0.717, 1.165) is 11.3 Å². The maximum Gasteiger partial charge on any atom is 0.273 e. The number of amides is 2. The second kappa shape index (κ2) is 10.8. The third kappa shape index (κ3) is 6.10. The number of nitrogens with one attached hydrogen (secondary N) is 2. The minimum Gasteiger partial charge on any atom is -0.496 e. The molecule has 2 N–H and O–H groups in total. The molecule has 1 heterocycles. The first-order valence-corrected chi connectivity index (χ1v) is 10.0. The predicted molar refractivity (Wildman–Crippen MR) is 124 cm³/mol. The van der Waals surface area contributed by atoms with Crippen LogP contribution >= 0.6 is 15.9 Å². The van der Waals surface area contributed by atoms with Crippen LogP contribution in [0.4, 0.5) is 5.69 Å². The minimum absolute atomic E-state index is 0.266.